The molecule has 0 fully saturated rings. The van der Waals surface area contributed by atoms with E-state index in [-0.39, 0.29) is 5.54 Å². The van der Waals surface area contributed by atoms with Crippen LogP contribution in [0.1, 0.15) is 47.5 Å². The van der Waals surface area contributed by atoms with Gasteiger partial charge in [-0.25, -0.2) is 0 Å². The van der Waals surface area contributed by atoms with Crippen molar-refractivity contribution in [3.63, 3.8) is 0 Å². The van der Waals surface area contributed by atoms with Crippen LogP contribution in [-0.4, -0.2) is 43.8 Å². The fraction of sp³-hybridized carbons (Fsp3) is 1.00. The molecule has 2 N–H and O–H groups in total. The van der Waals surface area contributed by atoms with Crippen LogP contribution in [0.4, 0.5) is 0 Å². The monoisotopic (exact) mass is 258 g/mol. The number of nitrogens with zero attached hydrogens (tertiary/aromatic N) is 1. The lowest BCUT2D eigenvalue weighted by Crippen LogP contribution is -2.56. The zero-order valence-corrected chi connectivity index (χ0v) is 13.3. The van der Waals surface area contributed by atoms with Gasteiger partial charge >= 0.3 is 0 Å². The standard InChI is InChI=1S/C15H34N2O/c1-7-17(8-9-18-6)15(12-16,10-13(2)3)11-14(4)5/h13-14H,7-12,16H2,1-6H3. The number of hydrogen-bond acceptors (Lipinski definition) is 3. The Hall–Kier alpha value is -0.120. The van der Waals surface area contributed by atoms with E-state index in [2.05, 4.69) is 39.5 Å². The molecule has 3 heteroatoms. The van der Waals surface area contributed by atoms with Crippen LogP contribution in [0.3, 0.4) is 0 Å². The van der Waals surface area contributed by atoms with Gasteiger partial charge in [-0.2, -0.15) is 0 Å². The highest BCUT2D eigenvalue weighted by molar-refractivity contribution is 4.93. The highest BCUT2D eigenvalue weighted by atomic mass is 16.5. The highest BCUT2D eigenvalue weighted by Gasteiger charge is 2.35. The molecule has 0 aromatic rings. The summed E-state index contributed by atoms with van der Waals surface area (Å²) in [6.07, 6.45) is 2.33. The maximum atomic E-state index is 6.17. The summed E-state index contributed by atoms with van der Waals surface area (Å²) in [7, 11) is 1.77. The second-order valence-corrected chi connectivity index (χ2v) is 6.20. The van der Waals surface area contributed by atoms with Crippen molar-refractivity contribution < 1.29 is 4.74 Å². The van der Waals surface area contributed by atoms with Crippen molar-refractivity contribution in [2.45, 2.75) is 53.0 Å². The topological polar surface area (TPSA) is 38.5 Å². The predicted molar refractivity (Wildman–Crippen MR) is 79.8 cm³/mol. The van der Waals surface area contributed by atoms with Gasteiger partial charge in [0.2, 0.25) is 0 Å². The van der Waals surface area contributed by atoms with Gasteiger partial charge in [0.15, 0.2) is 0 Å². The normalized spacial score (nSPS) is 13.0. The van der Waals surface area contributed by atoms with Crippen LogP contribution in [0.5, 0.6) is 0 Å². The molecule has 0 aromatic carbocycles. The third kappa shape index (κ3) is 5.68. The van der Waals surface area contributed by atoms with Crippen molar-refractivity contribution in [1.29, 1.82) is 0 Å². The quantitative estimate of drug-likeness (QED) is 0.655. The summed E-state index contributed by atoms with van der Waals surface area (Å²) in [4.78, 5) is 2.52. The van der Waals surface area contributed by atoms with Crippen molar-refractivity contribution in [1.82, 2.24) is 4.90 Å². The minimum atomic E-state index is 0.135. The lowest BCUT2D eigenvalue weighted by atomic mass is 9.80. The molecule has 0 aromatic heterocycles. The average molecular weight is 258 g/mol. The molecule has 0 aliphatic carbocycles. The summed E-state index contributed by atoms with van der Waals surface area (Å²) in [5, 5.41) is 0. The zero-order valence-electron chi connectivity index (χ0n) is 13.3. The first-order valence-corrected chi connectivity index (χ1v) is 7.35. The smallest absolute Gasteiger partial charge is 0.0589 e. The molecule has 0 spiro atoms. The van der Waals surface area contributed by atoms with Gasteiger partial charge in [0, 0.05) is 25.7 Å². The summed E-state index contributed by atoms with van der Waals surface area (Å²) in [5.41, 5.74) is 6.30. The number of hydrogen-bond donors (Lipinski definition) is 1. The van der Waals surface area contributed by atoms with Crippen LogP contribution < -0.4 is 5.73 Å². The Morgan fingerprint density at radius 2 is 1.61 bits per heavy atom. The average Bonchev–Trinajstić information content (AvgIpc) is 2.28. The van der Waals surface area contributed by atoms with E-state index in [0.29, 0.717) is 11.8 Å². The molecule has 0 aliphatic heterocycles. The molecule has 110 valence electrons. The molecule has 0 radical (unpaired) electrons. The van der Waals surface area contributed by atoms with E-state index in [9.17, 15) is 0 Å². The summed E-state index contributed by atoms with van der Waals surface area (Å²) in [5.74, 6) is 1.34. The van der Waals surface area contributed by atoms with Gasteiger partial charge in [-0.15, -0.1) is 0 Å². The maximum Gasteiger partial charge on any atom is 0.0589 e. The van der Waals surface area contributed by atoms with Crippen LogP contribution in [0.15, 0.2) is 0 Å². The van der Waals surface area contributed by atoms with Crippen LogP contribution in [0.25, 0.3) is 0 Å². The molecular formula is C15H34N2O. The van der Waals surface area contributed by atoms with Crippen molar-refractivity contribution in [3.05, 3.63) is 0 Å². The minimum absolute atomic E-state index is 0.135. The van der Waals surface area contributed by atoms with Gasteiger partial charge in [-0.05, 0) is 31.2 Å². The van der Waals surface area contributed by atoms with E-state index < -0.39 is 0 Å². The molecule has 0 saturated carbocycles. The second-order valence-electron chi connectivity index (χ2n) is 6.20. The Labute approximate surface area is 114 Å². The molecule has 0 bridgehead atoms. The molecule has 0 saturated heterocycles. The van der Waals surface area contributed by atoms with Crippen molar-refractivity contribution in [2.24, 2.45) is 17.6 Å². The minimum Gasteiger partial charge on any atom is -0.383 e. The van der Waals surface area contributed by atoms with Crippen molar-refractivity contribution >= 4 is 0 Å². The second kappa shape index (κ2) is 8.89. The Kier molecular flexibility index (Phi) is 8.83. The fourth-order valence-corrected chi connectivity index (χ4v) is 3.09. The van der Waals surface area contributed by atoms with Gasteiger partial charge in [0.05, 0.1) is 6.61 Å². The summed E-state index contributed by atoms with van der Waals surface area (Å²) >= 11 is 0. The van der Waals surface area contributed by atoms with E-state index in [1.54, 1.807) is 7.11 Å². The van der Waals surface area contributed by atoms with Gasteiger partial charge in [0.25, 0.3) is 0 Å². The molecule has 0 unspecified atom stereocenters. The largest absolute Gasteiger partial charge is 0.383 e. The number of methoxy groups -OCH3 is 1. The highest BCUT2D eigenvalue weighted by Crippen LogP contribution is 2.30. The molecule has 0 heterocycles. The van der Waals surface area contributed by atoms with Crippen LogP contribution in [0, 0.1) is 11.8 Å². The van der Waals surface area contributed by atoms with E-state index in [4.69, 9.17) is 10.5 Å². The summed E-state index contributed by atoms with van der Waals surface area (Å²) < 4.78 is 5.24. The van der Waals surface area contributed by atoms with Crippen LogP contribution in [0.2, 0.25) is 0 Å². The van der Waals surface area contributed by atoms with E-state index in [0.717, 1.165) is 26.2 Å². The fourth-order valence-electron chi connectivity index (χ4n) is 3.09. The molecule has 0 rings (SSSR count). The third-order valence-electron chi connectivity index (χ3n) is 3.57. The first kappa shape index (κ1) is 17.9. The Morgan fingerprint density at radius 1 is 1.11 bits per heavy atom. The van der Waals surface area contributed by atoms with Gasteiger partial charge in [-0.1, -0.05) is 34.6 Å². The van der Waals surface area contributed by atoms with Gasteiger partial charge < -0.3 is 10.5 Å². The molecule has 0 atom stereocenters. The summed E-state index contributed by atoms with van der Waals surface area (Å²) in [6, 6.07) is 0. The van der Waals surface area contributed by atoms with Gasteiger partial charge in [-0.3, -0.25) is 4.90 Å². The maximum absolute atomic E-state index is 6.17. The van der Waals surface area contributed by atoms with E-state index in [1.807, 2.05) is 0 Å². The number of nitrogens with two attached hydrogens (primary N) is 1. The van der Waals surface area contributed by atoms with E-state index in [1.165, 1.54) is 12.8 Å². The first-order valence-electron chi connectivity index (χ1n) is 7.35. The number of ether oxygens (including phenoxy) is 1. The molecule has 0 amide bonds. The van der Waals surface area contributed by atoms with Crippen molar-refractivity contribution in [2.75, 3.05) is 33.4 Å². The zero-order chi connectivity index (χ0) is 14.2. The number of likely N-dealkylation sites (N-methyl/N-ethyl adjacent to an activating group) is 1. The predicted octanol–water partition coefficient (Wildman–Crippen LogP) is 2.74. The lowest BCUT2D eigenvalue weighted by Gasteiger charge is -2.45. The Morgan fingerprint density at radius 3 is 1.89 bits per heavy atom. The Bertz CT molecular complexity index is 195. The van der Waals surface area contributed by atoms with Crippen molar-refractivity contribution in [3.8, 4) is 0 Å². The van der Waals surface area contributed by atoms with Gasteiger partial charge in [0.1, 0.15) is 0 Å². The SMILES string of the molecule is CCN(CCOC)C(CN)(CC(C)C)CC(C)C. The number of rotatable bonds is 10. The van der Waals surface area contributed by atoms with Crippen LogP contribution >= 0.6 is 0 Å². The molecule has 3 nitrogen and oxygen atoms in total. The third-order valence-corrected chi connectivity index (χ3v) is 3.57. The Balaban J connectivity index is 4.96. The molecule has 0 aliphatic rings. The first-order chi connectivity index (χ1) is 8.41. The van der Waals surface area contributed by atoms with E-state index >= 15 is 0 Å². The molecule has 18 heavy (non-hydrogen) atoms. The van der Waals surface area contributed by atoms with Crippen LogP contribution in [-0.2, 0) is 4.74 Å². The summed E-state index contributed by atoms with van der Waals surface area (Å²) in [6.45, 7) is 14.9. The molecular weight excluding hydrogens is 224 g/mol. The lowest BCUT2D eigenvalue weighted by molar-refractivity contribution is 0.0346.